The van der Waals surface area contributed by atoms with Crippen molar-refractivity contribution < 1.29 is 19.0 Å². The molecule has 0 aliphatic carbocycles. The summed E-state index contributed by atoms with van der Waals surface area (Å²) in [5.74, 6) is -0.305. The first-order chi connectivity index (χ1) is 8.26. The SMILES string of the molecule is COC(=O)C(COCCOC(C)(C)C)NC(C)C. The smallest absolute Gasteiger partial charge is 0.325 e. The largest absolute Gasteiger partial charge is 0.468 e. The lowest BCUT2D eigenvalue weighted by molar-refractivity contribution is -0.145. The number of ether oxygens (including phenoxy) is 3. The van der Waals surface area contributed by atoms with E-state index < -0.39 is 6.04 Å². The molecule has 0 saturated heterocycles. The van der Waals surface area contributed by atoms with E-state index in [1.807, 2.05) is 34.6 Å². The number of hydrogen-bond donors (Lipinski definition) is 1. The van der Waals surface area contributed by atoms with Gasteiger partial charge in [0.15, 0.2) is 0 Å². The molecule has 5 heteroatoms. The average Bonchev–Trinajstić information content (AvgIpc) is 2.24. The van der Waals surface area contributed by atoms with E-state index in [0.29, 0.717) is 19.8 Å². The third-order valence-corrected chi connectivity index (χ3v) is 2.07. The van der Waals surface area contributed by atoms with Crippen LogP contribution in [0, 0.1) is 0 Å². The average molecular weight is 261 g/mol. The Kier molecular flexibility index (Phi) is 8.15. The van der Waals surface area contributed by atoms with E-state index in [9.17, 15) is 4.79 Å². The third-order valence-electron chi connectivity index (χ3n) is 2.07. The first-order valence-electron chi connectivity index (χ1n) is 6.32. The van der Waals surface area contributed by atoms with Gasteiger partial charge in [0.25, 0.3) is 0 Å². The van der Waals surface area contributed by atoms with Crippen molar-refractivity contribution in [3.63, 3.8) is 0 Å². The summed E-state index contributed by atoms with van der Waals surface area (Å²) in [5, 5.41) is 3.10. The Hall–Kier alpha value is -0.650. The normalized spacial score (nSPS) is 13.7. The summed E-state index contributed by atoms with van der Waals surface area (Å²) in [6.45, 7) is 11.2. The summed E-state index contributed by atoms with van der Waals surface area (Å²) in [7, 11) is 1.38. The van der Waals surface area contributed by atoms with Crippen molar-refractivity contribution in [3.05, 3.63) is 0 Å². The van der Waals surface area contributed by atoms with Gasteiger partial charge in [-0.15, -0.1) is 0 Å². The van der Waals surface area contributed by atoms with Gasteiger partial charge < -0.3 is 19.5 Å². The predicted molar refractivity (Wildman–Crippen MR) is 70.6 cm³/mol. The summed E-state index contributed by atoms with van der Waals surface area (Å²) >= 11 is 0. The summed E-state index contributed by atoms with van der Waals surface area (Å²) in [6, 6.07) is -0.229. The van der Waals surface area contributed by atoms with Gasteiger partial charge in [0, 0.05) is 6.04 Å². The summed E-state index contributed by atoms with van der Waals surface area (Å²) in [5.41, 5.74) is -0.165. The van der Waals surface area contributed by atoms with Gasteiger partial charge in [-0.3, -0.25) is 4.79 Å². The van der Waals surface area contributed by atoms with Gasteiger partial charge in [0.1, 0.15) is 6.04 Å². The molecule has 0 bridgehead atoms. The fourth-order valence-electron chi connectivity index (χ4n) is 1.34. The molecule has 0 aliphatic rings. The summed E-state index contributed by atoms with van der Waals surface area (Å²) in [6.07, 6.45) is 0. The second kappa shape index (κ2) is 8.45. The molecule has 0 aromatic heterocycles. The van der Waals surface area contributed by atoms with Crippen molar-refractivity contribution in [1.82, 2.24) is 5.32 Å². The number of hydrogen-bond acceptors (Lipinski definition) is 5. The highest BCUT2D eigenvalue weighted by Crippen LogP contribution is 2.05. The molecule has 1 unspecified atom stereocenters. The Morgan fingerprint density at radius 1 is 1.22 bits per heavy atom. The maximum atomic E-state index is 11.5. The van der Waals surface area contributed by atoms with Crippen LogP contribution in [0.5, 0.6) is 0 Å². The van der Waals surface area contributed by atoms with Crippen molar-refractivity contribution in [1.29, 1.82) is 0 Å². The van der Waals surface area contributed by atoms with Crippen LogP contribution in [0.25, 0.3) is 0 Å². The van der Waals surface area contributed by atoms with Crippen LogP contribution in [0.15, 0.2) is 0 Å². The van der Waals surface area contributed by atoms with Crippen LogP contribution >= 0.6 is 0 Å². The van der Waals surface area contributed by atoms with Gasteiger partial charge in [-0.2, -0.15) is 0 Å². The van der Waals surface area contributed by atoms with Crippen LogP contribution in [0.1, 0.15) is 34.6 Å². The molecule has 1 atom stereocenters. The van der Waals surface area contributed by atoms with Gasteiger partial charge >= 0.3 is 5.97 Å². The van der Waals surface area contributed by atoms with Crippen LogP contribution in [0.3, 0.4) is 0 Å². The number of nitrogens with one attached hydrogen (secondary N) is 1. The minimum atomic E-state index is -0.426. The molecule has 0 rings (SSSR count). The maximum Gasteiger partial charge on any atom is 0.325 e. The molecule has 0 aromatic rings. The van der Waals surface area contributed by atoms with E-state index in [-0.39, 0.29) is 17.6 Å². The molecule has 0 spiro atoms. The number of rotatable bonds is 8. The minimum Gasteiger partial charge on any atom is -0.468 e. The van der Waals surface area contributed by atoms with Crippen LogP contribution in [0.4, 0.5) is 0 Å². The number of carbonyl (C=O) groups is 1. The lowest BCUT2D eigenvalue weighted by Gasteiger charge is -2.21. The predicted octanol–water partition coefficient (Wildman–Crippen LogP) is 1.36. The highest BCUT2D eigenvalue weighted by Gasteiger charge is 2.20. The Bertz CT molecular complexity index is 236. The molecule has 0 aliphatic heterocycles. The van der Waals surface area contributed by atoms with Gasteiger partial charge in [0.05, 0.1) is 32.5 Å². The molecular weight excluding hydrogens is 234 g/mol. The zero-order valence-electron chi connectivity index (χ0n) is 12.4. The molecule has 0 radical (unpaired) electrons. The first-order valence-corrected chi connectivity index (χ1v) is 6.32. The fourth-order valence-corrected chi connectivity index (χ4v) is 1.34. The molecule has 0 heterocycles. The number of esters is 1. The van der Waals surface area contributed by atoms with Crippen molar-refractivity contribution in [2.45, 2.75) is 52.3 Å². The van der Waals surface area contributed by atoms with Crippen molar-refractivity contribution in [2.75, 3.05) is 26.9 Å². The molecule has 0 fully saturated rings. The molecule has 108 valence electrons. The molecule has 0 aromatic carbocycles. The lowest BCUT2D eigenvalue weighted by atomic mass is 10.2. The van der Waals surface area contributed by atoms with Crippen LogP contribution in [0.2, 0.25) is 0 Å². The van der Waals surface area contributed by atoms with Crippen LogP contribution < -0.4 is 5.32 Å². The van der Waals surface area contributed by atoms with Gasteiger partial charge in [-0.05, 0) is 20.8 Å². The van der Waals surface area contributed by atoms with Crippen molar-refractivity contribution >= 4 is 5.97 Å². The molecule has 0 saturated carbocycles. The highest BCUT2D eigenvalue weighted by molar-refractivity contribution is 5.75. The van der Waals surface area contributed by atoms with E-state index in [1.54, 1.807) is 0 Å². The second-order valence-corrected chi connectivity index (χ2v) is 5.43. The van der Waals surface area contributed by atoms with Crippen molar-refractivity contribution in [3.8, 4) is 0 Å². The molecule has 18 heavy (non-hydrogen) atoms. The van der Waals surface area contributed by atoms with E-state index in [4.69, 9.17) is 14.2 Å². The maximum absolute atomic E-state index is 11.5. The zero-order valence-corrected chi connectivity index (χ0v) is 12.4. The Balaban J connectivity index is 3.86. The summed E-state index contributed by atoms with van der Waals surface area (Å²) in [4.78, 5) is 11.5. The standard InChI is InChI=1S/C13H27NO4/c1-10(2)14-11(12(15)16-6)9-17-7-8-18-13(3,4)5/h10-11,14H,7-9H2,1-6H3. The monoisotopic (exact) mass is 261 g/mol. The number of carbonyl (C=O) groups excluding carboxylic acids is 1. The Labute approximate surface area is 110 Å². The lowest BCUT2D eigenvalue weighted by Crippen LogP contribution is -2.45. The molecule has 5 nitrogen and oxygen atoms in total. The van der Waals surface area contributed by atoms with E-state index in [0.717, 1.165) is 0 Å². The fraction of sp³-hybridized carbons (Fsp3) is 0.923. The minimum absolute atomic E-state index is 0.165. The van der Waals surface area contributed by atoms with Crippen LogP contribution in [-0.2, 0) is 19.0 Å². The quantitative estimate of drug-likeness (QED) is 0.528. The van der Waals surface area contributed by atoms with Crippen LogP contribution in [-0.4, -0.2) is 50.6 Å². The van der Waals surface area contributed by atoms with E-state index in [1.165, 1.54) is 7.11 Å². The van der Waals surface area contributed by atoms with Gasteiger partial charge in [-0.25, -0.2) is 0 Å². The molecular formula is C13H27NO4. The third kappa shape index (κ3) is 9.39. The van der Waals surface area contributed by atoms with Gasteiger partial charge in [-0.1, -0.05) is 13.8 Å². The van der Waals surface area contributed by atoms with Crippen molar-refractivity contribution in [2.24, 2.45) is 0 Å². The topological polar surface area (TPSA) is 56.8 Å². The zero-order chi connectivity index (χ0) is 14.2. The summed E-state index contributed by atoms with van der Waals surface area (Å²) < 4.78 is 15.7. The second-order valence-electron chi connectivity index (χ2n) is 5.43. The Morgan fingerprint density at radius 2 is 1.83 bits per heavy atom. The van der Waals surface area contributed by atoms with E-state index >= 15 is 0 Å². The van der Waals surface area contributed by atoms with Gasteiger partial charge in [0.2, 0.25) is 0 Å². The Morgan fingerprint density at radius 3 is 2.28 bits per heavy atom. The first kappa shape index (κ1) is 17.4. The highest BCUT2D eigenvalue weighted by atomic mass is 16.5. The number of methoxy groups -OCH3 is 1. The molecule has 1 N–H and O–H groups in total. The van der Waals surface area contributed by atoms with E-state index in [2.05, 4.69) is 5.32 Å². The molecule has 0 amide bonds.